The fourth-order valence-electron chi connectivity index (χ4n) is 2.57. The maximum Gasteiger partial charge on any atom is 0.129 e. The maximum atomic E-state index is 13.5. The van der Waals surface area contributed by atoms with E-state index in [0.29, 0.717) is 6.61 Å². The zero-order valence-corrected chi connectivity index (χ0v) is 11.1. The van der Waals surface area contributed by atoms with Crippen LogP contribution in [0, 0.1) is 17.6 Å². The molecule has 1 aromatic carbocycles. The Morgan fingerprint density at radius 2 is 2.06 bits per heavy atom. The quantitative estimate of drug-likeness (QED) is 0.756. The summed E-state index contributed by atoms with van der Waals surface area (Å²) in [6.45, 7) is 2.72. The van der Waals surface area contributed by atoms with Gasteiger partial charge in [-0.25, -0.2) is 8.78 Å². The Morgan fingerprint density at radius 1 is 1.39 bits per heavy atom. The largest absolute Gasteiger partial charge is 0.378 e. The highest BCUT2D eigenvalue weighted by Gasteiger charge is 2.33. The first-order valence-electron chi connectivity index (χ1n) is 6.32. The molecule has 0 aromatic heterocycles. The average Bonchev–Trinajstić information content (AvgIpc) is 2.82. The Bertz CT molecular complexity index is 391. The Labute approximate surface area is 111 Å². The maximum absolute atomic E-state index is 13.5. The van der Waals surface area contributed by atoms with Crippen LogP contribution < -0.4 is 0 Å². The summed E-state index contributed by atoms with van der Waals surface area (Å²) < 4.78 is 32.7. The molecule has 0 radical (unpaired) electrons. The first-order valence-corrected chi connectivity index (χ1v) is 6.75. The van der Waals surface area contributed by atoms with Gasteiger partial charge in [-0.05, 0) is 31.4 Å². The van der Waals surface area contributed by atoms with Crippen LogP contribution in [0.3, 0.4) is 0 Å². The summed E-state index contributed by atoms with van der Waals surface area (Å²) in [4.78, 5) is 0. The third-order valence-electron chi connectivity index (χ3n) is 3.59. The van der Waals surface area contributed by atoms with Gasteiger partial charge in [0.1, 0.15) is 11.6 Å². The molecule has 4 heteroatoms. The molecule has 1 heterocycles. The van der Waals surface area contributed by atoms with Gasteiger partial charge in [-0.15, -0.1) is 11.6 Å². The van der Waals surface area contributed by atoms with Crippen LogP contribution in [0.15, 0.2) is 18.2 Å². The van der Waals surface area contributed by atoms with Crippen LogP contribution in [0.2, 0.25) is 0 Å². The number of benzene rings is 1. The SMILES string of the molecule is CCC1OCCC1C(Cl)Cc1c(F)cccc1F. The Morgan fingerprint density at radius 3 is 2.67 bits per heavy atom. The number of ether oxygens (including phenoxy) is 1. The van der Waals surface area contributed by atoms with Gasteiger partial charge in [-0.2, -0.15) is 0 Å². The van der Waals surface area contributed by atoms with Crippen LogP contribution in [-0.2, 0) is 11.2 Å². The molecule has 2 rings (SSSR count). The highest BCUT2D eigenvalue weighted by molar-refractivity contribution is 6.21. The van der Waals surface area contributed by atoms with Crippen LogP contribution in [-0.4, -0.2) is 18.1 Å². The lowest BCUT2D eigenvalue weighted by atomic mass is 9.91. The zero-order valence-electron chi connectivity index (χ0n) is 10.3. The molecule has 100 valence electrons. The molecule has 0 saturated carbocycles. The fraction of sp³-hybridized carbons (Fsp3) is 0.571. The second kappa shape index (κ2) is 5.98. The van der Waals surface area contributed by atoms with Crippen molar-refractivity contribution in [2.45, 2.75) is 37.7 Å². The van der Waals surface area contributed by atoms with Crippen molar-refractivity contribution in [1.82, 2.24) is 0 Å². The molecular formula is C14H17ClF2O. The molecule has 0 N–H and O–H groups in total. The molecule has 0 amide bonds. The van der Waals surface area contributed by atoms with E-state index >= 15 is 0 Å². The Hall–Kier alpha value is -0.670. The number of hydrogen-bond acceptors (Lipinski definition) is 1. The van der Waals surface area contributed by atoms with Gasteiger partial charge in [0.2, 0.25) is 0 Å². The van der Waals surface area contributed by atoms with Crippen molar-refractivity contribution in [3.8, 4) is 0 Å². The molecule has 3 atom stereocenters. The van der Waals surface area contributed by atoms with Crippen molar-refractivity contribution in [2.75, 3.05) is 6.61 Å². The van der Waals surface area contributed by atoms with Gasteiger partial charge in [0.25, 0.3) is 0 Å². The molecule has 1 aliphatic rings. The summed E-state index contributed by atoms with van der Waals surface area (Å²) in [5.41, 5.74) is 0.0826. The molecule has 1 aromatic rings. The zero-order chi connectivity index (χ0) is 13.1. The third-order valence-corrected chi connectivity index (χ3v) is 4.07. The van der Waals surface area contributed by atoms with Crippen molar-refractivity contribution < 1.29 is 13.5 Å². The normalized spacial score (nSPS) is 25.3. The highest BCUT2D eigenvalue weighted by atomic mass is 35.5. The van der Waals surface area contributed by atoms with E-state index in [9.17, 15) is 8.78 Å². The van der Waals surface area contributed by atoms with E-state index in [1.807, 2.05) is 6.92 Å². The molecule has 1 aliphatic heterocycles. The van der Waals surface area contributed by atoms with E-state index in [0.717, 1.165) is 12.8 Å². The van der Waals surface area contributed by atoms with Gasteiger partial charge in [0, 0.05) is 23.5 Å². The molecule has 18 heavy (non-hydrogen) atoms. The Kier molecular flexibility index (Phi) is 4.57. The van der Waals surface area contributed by atoms with Gasteiger partial charge in [0.05, 0.1) is 6.10 Å². The van der Waals surface area contributed by atoms with Gasteiger partial charge < -0.3 is 4.74 Å². The number of rotatable bonds is 4. The number of hydrogen-bond donors (Lipinski definition) is 0. The summed E-state index contributed by atoms with van der Waals surface area (Å²) in [6.07, 6.45) is 2.07. The minimum absolute atomic E-state index is 0.0826. The van der Waals surface area contributed by atoms with Crippen LogP contribution >= 0.6 is 11.6 Å². The highest BCUT2D eigenvalue weighted by Crippen LogP contribution is 2.32. The lowest BCUT2D eigenvalue weighted by Crippen LogP contribution is -2.26. The van der Waals surface area contributed by atoms with Crippen LogP contribution in [0.5, 0.6) is 0 Å². The first-order chi connectivity index (χ1) is 8.63. The predicted molar refractivity (Wildman–Crippen MR) is 67.8 cm³/mol. The van der Waals surface area contributed by atoms with Crippen molar-refractivity contribution in [2.24, 2.45) is 5.92 Å². The van der Waals surface area contributed by atoms with Crippen molar-refractivity contribution >= 4 is 11.6 Å². The predicted octanol–water partition coefficient (Wildman–Crippen LogP) is 3.93. The van der Waals surface area contributed by atoms with Crippen LogP contribution in [0.25, 0.3) is 0 Å². The van der Waals surface area contributed by atoms with Crippen LogP contribution in [0.4, 0.5) is 8.78 Å². The van der Waals surface area contributed by atoms with Crippen LogP contribution in [0.1, 0.15) is 25.3 Å². The molecule has 0 bridgehead atoms. The van der Waals surface area contributed by atoms with E-state index in [4.69, 9.17) is 16.3 Å². The lowest BCUT2D eigenvalue weighted by molar-refractivity contribution is 0.0863. The molecule has 1 nitrogen and oxygen atoms in total. The van der Waals surface area contributed by atoms with E-state index in [1.165, 1.54) is 18.2 Å². The second-order valence-electron chi connectivity index (χ2n) is 4.69. The summed E-state index contributed by atoms with van der Waals surface area (Å²) in [7, 11) is 0. The van der Waals surface area contributed by atoms with Crippen molar-refractivity contribution in [3.63, 3.8) is 0 Å². The van der Waals surface area contributed by atoms with Crippen molar-refractivity contribution in [3.05, 3.63) is 35.4 Å². The summed E-state index contributed by atoms with van der Waals surface area (Å²) in [5.74, 6) is -0.865. The lowest BCUT2D eigenvalue weighted by Gasteiger charge is -2.22. The third kappa shape index (κ3) is 2.83. The van der Waals surface area contributed by atoms with E-state index in [-0.39, 0.29) is 29.4 Å². The van der Waals surface area contributed by atoms with Gasteiger partial charge in [-0.3, -0.25) is 0 Å². The molecule has 1 saturated heterocycles. The number of alkyl halides is 1. The second-order valence-corrected chi connectivity index (χ2v) is 5.25. The molecule has 1 fully saturated rings. The molecule has 3 unspecified atom stereocenters. The van der Waals surface area contributed by atoms with Gasteiger partial charge in [0.15, 0.2) is 0 Å². The summed E-state index contributed by atoms with van der Waals surface area (Å²) >= 11 is 6.33. The van der Waals surface area contributed by atoms with Crippen molar-refractivity contribution in [1.29, 1.82) is 0 Å². The molecule has 0 spiro atoms. The van der Waals surface area contributed by atoms with Gasteiger partial charge in [-0.1, -0.05) is 13.0 Å². The smallest absolute Gasteiger partial charge is 0.129 e. The van der Waals surface area contributed by atoms with E-state index < -0.39 is 11.6 Å². The fourth-order valence-corrected chi connectivity index (χ4v) is 3.02. The van der Waals surface area contributed by atoms with E-state index in [1.54, 1.807) is 0 Å². The molecule has 0 aliphatic carbocycles. The summed E-state index contributed by atoms with van der Waals surface area (Å²) in [5, 5.41) is -0.288. The number of halogens is 3. The summed E-state index contributed by atoms with van der Waals surface area (Å²) in [6, 6.07) is 3.90. The Balaban J connectivity index is 2.09. The van der Waals surface area contributed by atoms with Gasteiger partial charge >= 0.3 is 0 Å². The molecular weight excluding hydrogens is 258 g/mol. The minimum Gasteiger partial charge on any atom is -0.378 e. The van der Waals surface area contributed by atoms with E-state index in [2.05, 4.69) is 0 Å². The first kappa shape index (κ1) is 13.8. The minimum atomic E-state index is -0.521. The average molecular weight is 275 g/mol. The monoisotopic (exact) mass is 274 g/mol. The topological polar surface area (TPSA) is 9.23 Å². The standard InChI is InChI=1S/C14H17ClF2O/c1-2-14-9(6-7-18-14)11(15)8-10-12(16)4-3-5-13(10)17/h3-5,9,11,14H,2,6-8H2,1H3.